The van der Waals surface area contributed by atoms with Crippen LogP contribution in [0.3, 0.4) is 0 Å². The molecule has 2 heterocycles. The molecule has 0 unspecified atom stereocenters. The molecular weight excluding hydrogens is 224 g/mol. The van der Waals surface area contributed by atoms with Gasteiger partial charge in [0.05, 0.1) is 0 Å². The van der Waals surface area contributed by atoms with Crippen LogP contribution in [-0.4, -0.2) is 4.98 Å². The van der Waals surface area contributed by atoms with Crippen LogP contribution in [0.2, 0.25) is 0 Å². The molecule has 0 saturated carbocycles. The summed E-state index contributed by atoms with van der Waals surface area (Å²) in [6.07, 6.45) is 1.70. The molecule has 0 aliphatic carbocycles. The van der Waals surface area contributed by atoms with Gasteiger partial charge in [0.1, 0.15) is 5.52 Å². The van der Waals surface area contributed by atoms with Gasteiger partial charge in [-0.05, 0) is 23.8 Å². The molecule has 0 bridgehead atoms. The molecule has 3 rings (SSSR count). The van der Waals surface area contributed by atoms with Crippen LogP contribution >= 0.6 is 0 Å². The Balaban J connectivity index is 2.40. The van der Waals surface area contributed by atoms with Crippen molar-refractivity contribution in [1.82, 2.24) is 4.98 Å². The molecule has 87 valence electrons. The first-order valence-corrected chi connectivity index (χ1v) is 5.72. The predicted molar refractivity (Wildman–Crippen MR) is 69.7 cm³/mol. The Morgan fingerprint density at radius 1 is 1.28 bits per heavy atom. The summed E-state index contributed by atoms with van der Waals surface area (Å²) in [6, 6.07) is 16.2. The van der Waals surface area contributed by atoms with Crippen molar-refractivity contribution in [2.75, 3.05) is 0 Å². The van der Waals surface area contributed by atoms with E-state index in [9.17, 15) is 5.21 Å². The average Bonchev–Trinajstić information content (AvgIpc) is 2.44. The minimum absolute atomic E-state index is 0.594. The predicted octanol–water partition coefficient (Wildman–Crippen LogP) is 2.64. The molecule has 1 radical (unpaired) electrons. The van der Waals surface area contributed by atoms with E-state index in [0.717, 1.165) is 21.4 Å². The Morgan fingerprint density at radius 2 is 2.17 bits per heavy atom. The van der Waals surface area contributed by atoms with Crippen molar-refractivity contribution in [3.8, 4) is 11.1 Å². The highest BCUT2D eigenvalue weighted by molar-refractivity contribution is 5.89. The Bertz CT molecular complexity index is 708. The number of hydrogen-bond donors (Lipinski definition) is 0. The second-order valence-electron chi connectivity index (χ2n) is 4.16. The molecule has 0 N–H and O–H groups in total. The van der Waals surface area contributed by atoms with Crippen LogP contribution in [0.25, 0.3) is 22.2 Å². The maximum absolute atomic E-state index is 12.0. The van der Waals surface area contributed by atoms with Crippen LogP contribution in [0.1, 0.15) is 5.69 Å². The lowest BCUT2D eigenvalue weighted by atomic mass is 10.0. The number of benzene rings is 1. The third-order valence-electron chi connectivity index (χ3n) is 2.95. The van der Waals surface area contributed by atoms with Crippen LogP contribution in [-0.2, 0) is 0 Å². The van der Waals surface area contributed by atoms with Gasteiger partial charge in [-0.1, -0.05) is 18.2 Å². The van der Waals surface area contributed by atoms with Crippen LogP contribution in [0.4, 0.5) is 0 Å². The van der Waals surface area contributed by atoms with Gasteiger partial charge in [-0.3, -0.25) is 0 Å². The summed E-state index contributed by atoms with van der Waals surface area (Å²) in [5.41, 5.74) is 3.96. The molecule has 0 aliphatic heterocycles. The van der Waals surface area contributed by atoms with Crippen LogP contribution in [0.15, 0.2) is 48.7 Å². The Labute approximate surface area is 105 Å². The maximum atomic E-state index is 12.0. The van der Waals surface area contributed by atoms with Gasteiger partial charge in [-0.2, -0.15) is 4.73 Å². The van der Waals surface area contributed by atoms with Gasteiger partial charge >= 0.3 is 0 Å². The number of rotatable bonds is 1. The lowest BCUT2D eigenvalue weighted by molar-refractivity contribution is -0.584. The fourth-order valence-corrected chi connectivity index (χ4v) is 2.08. The van der Waals surface area contributed by atoms with E-state index in [1.807, 2.05) is 30.3 Å². The smallest absolute Gasteiger partial charge is 0.243 e. The van der Waals surface area contributed by atoms with Gasteiger partial charge < -0.3 is 5.21 Å². The lowest BCUT2D eigenvalue weighted by Crippen LogP contribution is -2.31. The van der Waals surface area contributed by atoms with Crippen molar-refractivity contribution in [2.45, 2.75) is 6.92 Å². The van der Waals surface area contributed by atoms with E-state index in [4.69, 9.17) is 0 Å². The number of aromatic nitrogens is 2. The second kappa shape index (κ2) is 4.11. The van der Waals surface area contributed by atoms with E-state index in [2.05, 4.69) is 11.1 Å². The van der Waals surface area contributed by atoms with Gasteiger partial charge in [0.25, 0.3) is 0 Å². The van der Waals surface area contributed by atoms with Crippen molar-refractivity contribution in [1.29, 1.82) is 0 Å². The molecule has 0 amide bonds. The largest absolute Gasteiger partial charge is 0.618 e. The number of hydrogen-bond acceptors (Lipinski definition) is 2. The molecule has 0 spiro atoms. The first-order valence-electron chi connectivity index (χ1n) is 5.72. The molecule has 2 aromatic heterocycles. The summed E-state index contributed by atoms with van der Waals surface area (Å²) in [5.74, 6) is 0. The van der Waals surface area contributed by atoms with E-state index in [1.54, 1.807) is 25.3 Å². The average molecular weight is 235 g/mol. The monoisotopic (exact) mass is 235 g/mol. The summed E-state index contributed by atoms with van der Waals surface area (Å²) >= 11 is 0. The SMILES string of the molecule is Cc1cc(-c2c[c]ccc2)c2ncccc2[n+]1[O-]. The number of pyridine rings is 2. The molecule has 3 aromatic rings. The van der Waals surface area contributed by atoms with E-state index >= 15 is 0 Å². The Kier molecular flexibility index (Phi) is 2.45. The van der Waals surface area contributed by atoms with Crippen molar-refractivity contribution in [2.24, 2.45) is 0 Å². The number of aryl methyl sites for hydroxylation is 1. The third-order valence-corrected chi connectivity index (χ3v) is 2.95. The Hall–Kier alpha value is -2.42. The van der Waals surface area contributed by atoms with Gasteiger partial charge in [0.15, 0.2) is 5.69 Å². The standard InChI is InChI=1S/C15H11N2O/c1-11-10-13(12-6-3-2-4-7-12)15-14(17(11)18)8-5-9-16-15/h2-3,5-10H,1H3. The van der Waals surface area contributed by atoms with Crippen LogP contribution < -0.4 is 4.73 Å². The van der Waals surface area contributed by atoms with Crippen molar-refractivity contribution in [3.63, 3.8) is 0 Å². The highest BCUT2D eigenvalue weighted by atomic mass is 16.5. The van der Waals surface area contributed by atoms with Gasteiger partial charge in [-0.15, -0.1) is 0 Å². The van der Waals surface area contributed by atoms with E-state index in [-0.39, 0.29) is 0 Å². The van der Waals surface area contributed by atoms with Crippen molar-refractivity contribution >= 4 is 11.0 Å². The second-order valence-corrected chi connectivity index (χ2v) is 4.16. The fraction of sp³-hybridized carbons (Fsp3) is 0.0667. The van der Waals surface area contributed by atoms with E-state index < -0.39 is 0 Å². The van der Waals surface area contributed by atoms with E-state index in [1.165, 1.54) is 0 Å². The van der Waals surface area contributed by atoms with Gasteiger partial charge in [-0.25, -0.2) is 4.98 Å². The highest BCUT2D eigenvalue weighted by Gasteiger charge is 2.14. The molecule has 0 atom stereocenters. The maximum Gasteiger partial charge on any atom is 0.243 e. The highest BCUT2D eigenvalue weighted by Crippen LogP contribution is 2.25. The third kappa shape index (κ3) is 1.61. The zero-order valence-electron chi connectivity index (χ0n) is 9.92. The first-order chi connectivity index (χ1) is 8.77. The molecule has 1 aromatic carbocycles. The molecule has 18 heavy (non-hydrogen) atoms. The molecule has 0 fully saturated rings. The number of nitrogens with zero attached hydrogens (tertiary/aromatic N) is 2. The summed E-state index contributed by atoms with van der Waals surface area (Å²) < 4.78 is 0.915. The minimum atomic E-state index is 0.594. The topological polar surface area (TPSA) is 39.8 Å². The first kappa shape index (κ1) is 10.7. The quantitative estimate of drug-likeness (QED) is 0.480. The van der Waals surface area contributed by atoms with Crippen molar-refractivity contribution in [3.05, 3.63) is 65.6 Å². The van der Waals surface area contributed by atoms with Crippen molar-refractivity contribution < 1.29 is 4.73 Å². The van der Waals surface area contributed by atoms with Gasteiger partial charge in [0.2, 0.25) is 5.52 Å². The zero-order valence-corrected chi connectivity index (χ0v) is 9.92. The molecule has 0 aliphatic rings. The lowest BCUT2D eigenvalue weighted by Gasteiger charge is -2.09. The summed E-state index contributed by atoms with van der Waals surface area (Å²) in [7, 11) is 0. The van der Waals surface area contributed by atoms with Gasteiger partial charge in [0, 0.05) is 30.8 Å². The zero-order chi connectivity index (χ0) is 12.5. The molecule has 3 heteroatoms. The molecule has 3 nitrogen and oxygen atoms in total. The van der Waals surface area contributed by atoms with Crippen LogP contribution in [0.5, 0.6) is 0 Å². The van der Waals surface area contributed by atoms with E-state index in [0.29, 0.717) is 11.2 Å². The normalized spacial score (nSPS) is 10.7. The fourth-order valence-electron chi connectivity index (χ4n) is 2.08. The summed E-state index contributed by atoms with van der Waals surface area (Å²) in [5, 5.41) is 12.0. The van der Waals surface area contributed by atoms with Crippen LogP contribution in [0, 0.1) is 18.2 Å². The number of fused-ring (bicyclic) bond motifs is 1. The minimum Gasteiger partial charge on any atom is -0.618 e. The Morgan fingerprint density at radius 3 is 2.94 bits per heavy atom. The molecule has 0 saturated heterocycles. The summed E-state index contributed by atoms with van der Waals surface area (Å²) in [4.78, 5) is 4.32. The molecular formula is C15H11N2O. The summed E-state index contributed by atoms with van der Waals surface area (Å²) in [6.45, 7) is 1.80.